The zero-order valence-electron chi connectivity index (χ0n) is 13.2. The Kier molecular flexibility index (Phi) is 8.71. The highest BCUT2D eigenvalue weighted by molar-refractivity contribution is 5.66. The van der Waals surface area contributed by atoms with E-state index in [9.17, 15) is 4.79 Å². The molecule has 0 aliphatic carbocycles. The highest BCUT2D eigenvalue weighted by atomic mass is 16.5. The smallest absolute Gasteiger partial charge is 0.303 e. The number of carbonyl (C=O) groups is 1. The van der Waals surface area contributed by atoms with Gasteiger partial charge in [-0.15, -0.1) is 0 Å². The Hall–Kier alpha value is -2.05. The number of allylic oxidation sites excluding steroid dienone is 1. The molecule has 0 bridgehead atoms. The van der Waals surface area contributed by atoms with Crippen LogP contribution >= 0.6 is 0 Å². The van der Waals surface area contributed by atoms with Gasteiger partial charge in [0, 0.05) is 19.1 Å². The second-order valence-corrected chi connectivity index (χ2v) is 5.20. The highest BCUT2D eigenvalue weighted by Gasteiger charge is 2.08. The van der Waals surface area contributed by atoms with Crippen LogP contribution in [-0.4, -0.2) is 23.8 Å². The van der Waals surface area contributed by atoms with Crippen molar-refractivity contribution < 1.29 is 14.6 Å². The minimum Gasteiger partial charge on any atom is -0.449 e. The van der Waals surface area contributed by atoms with E-state index in [4.69, 9.17) is 9.84 Å². The van der Waals surface area contributed by atoms with Crippen molar-refractivity contribution in [1.82, 2.24) is 0 Å². The van der Waals surface area contributed by atoms with Crippen molar-refractivity contribution in [1.29, 1.82) is 0 Å². The van der Waals surface area contributed by atoms with Gasteiger partial charge in [0.25, 0.3) is 0 Å². The molecule has 1 atom stereocenters. The lowest BCUT2D eigenvalue weighted by Gasteiger charge is -2.11. The molecule has 1 unspecified atom stereocenters. The van der Waals surface area contributed by atoms with E-state index < -0.39 is 0 Å². The van der Waals surface area contributed by atoms with E-state index in [-0.39, 0.29) is 18.7 Å². The lowest BCUT2D eigenvalue weighted by Crippen LogP contribution is -2.14. The SMILES string of the molecule is C=C(CCCO)CCCC(C#Cc1ccccc1)OC(C)=O. The van der Waals surface area contributed by atoms with Crippen molar-refractivity contribution in [3.05, 3.63) is 48.0 Å². The van der Waals surface area contributed by atoms with E-state index in [1.54, 1.807) is 0 Å². The second kappa shape index (κ2) is 10.6. The van der Waals surface area contributed by atoms with Crippen LogP contribution in [-0.2, 0) is 9.53 Å². The summed E-state index contributed by atoms with van der Waals surface area (Å²) >= 11 is 0. The van der Waals surface area contributed by atoms with Gasteiger partial charge < -0.3 is 9.84 Å². The fourth-order valence-electron chi connectivity index (χ4n) is 2.04. The van der Waals surface area contributed by atoms with E-state index >= 15 is 0 Å². The summed E-state index contributed by atoms with van der Waals surface area (Å²) in [6, 6.07) is 9.64. The van der Waals surface area contributed by atoms with Crippen molar-refractivity contribution in [2.24, 2.45) is 0 Å². The quantitative estimate of drug-likeness (QED) is 0.454. The summed E-state index contributed by atoms with van der Waals surface area (Å²) in [4.78, 5) is 11.2. The maximum atomic E-state index is 11.2. The second-order valence-electron chi connectivity index (χ2n) is 5.20. The summed E-state index contributed by atoms with van der Waals surface area (Å²) in [6.07, 6.45) is 3.63. The van der Waals surface area contributed by atoms with Crippen LogP contribution in [0.1, 0.15) is 44.6 Å². The molecule has 0 radical (unpaired) electrons. The Balaban J connectivity index is 2.49. The Morgan fingerprint density at radius 3 is 2.59 bits per heavy atom. The number of aliphatic hydroxyl groups is 1. The first-order valence-corrected chi connectivity index (χ1v) is 7.63. The van der Waals surface area contributed by atoms with Gasteiger partial charge >= 0.3 is 5.97 Å². The molecule has 1 aromatic carbocycles. The molecule has 3 heteroatoms. The maximum absolute atomic E-state index is 11.2. The van der Waals surface area contributed by atoms with Crippen molar-refractivity contribution in [3.8, 4) is 11.8 Å². The van der Waals surface area contributed by atoms with Gasteiger partial charge in [0.1, 0.15) is 0 Å². The van der Waals surface area contributed by atoms with Crippen molar-refractivity contribution in [2.75, 3.05) is 6.61 Å². The van der Waals surface area contributed by atoms with Crippen LogP contribution in [0.4, 0.5) is 0 Å². The summed E-state index contributed by atoms with van der Waals surface area (Å²) in [5.41, 5.74) is 2.03. The van der Waals surface area contributed by atoms with Crippen LogP contribution in [0, 0.1) is 11.8 Å². The molecule has 1 N–H and O–H groups in total. The van der Waals surface area contributed by atoms with Crippen molar-refractivity contribution >= 4 is 5.97 Å². The lowest BCUT2D eigenvalue weighted by molar-refractivity contribution is -0.143. The summed E-state index contributed by atoms with van der Waals surface area (Å²) in [5.74, 6) is 5.75. The predicted molar refractivity (Wildman–Crippen MR) is 88.2 cm³/mol. The van der Waals surface area contributed by atoms with Gasteiger partial charge in [0.05, 0.1) is 0 Å². The van der Waals surface area contributed by atoms with Gasteiger partial charge in [0.2, 0.25) is 0 Å². The van der Waals surface area contributed by atoms with E-state index in [2.05, 4.69) is 18.4 Å². The van der Waals surface area contributed by atoms with Gasteiger partial charge in [-0.05, 0) is 44.2 Å². The average Bonchev–Trinajstić information content (AvgIpc) is 2.51. The van der Waals surface area contributed by atoms with E-state index in [1.165, 1.54) is 6.92 Å². The van der Waals surface area contributed by atoms with Gasteiger partial charge in [-0.1, -0.05) is 42.2 Å². The number of ether oxygens (including phenoxy) is 1. The summed E-state index contributed by atoms with van der Waals surface area (Å²) < 4.78 is 5.25. The molecule has 0 fully saturated rings. The zero-order chi connectivity index (χ0) is 16.2. The fraction of sp³-hybridized carbons (Fsp3) is 0.421. The standard InChI is InChI=1S/C19H24O3/c1-16(9-7-15-20)8-6-12-19(22-17(2)21)14-13-18-10-4-3-5-11-18/h3-5,10-11,19-20H,1,6-9,12,15H2,2H3. The van der Waals surface area contributed by atoms with E-state index in [1.807, 2.05) is 30.3 Å². The molecule has 0 saturated carbocycles. The molecule has 0 amide bonds. The van der Waals surface area contributed by atoms with Crippen molar-refractivity contribution in [3.63, 3.8) is 0 Å². The Bertz CT molecular complexity index is 523. The largest absolute Gasteiger partial charge is 0.449 e. The molecule has 1 rings (SSSR count). The molecule has 0 heterocycles. The lowest BCUT2D eigenvalue weighted by atomic mass is 10.0. The van der Waals surface area contributed by atoms with Gasteiger partial charge in [0.15, 0.2) is 6.10 Å². The molecule has 22 heavy (non-hydrogen) atoms. The first kappa shape index (κ1) is 18.0. The number of benzene rings is 1. The molecule has 0 aliphatic heterocycles. The summed E-state index contributed by atoms with van der Waals surface area (Å²) in [7, 11) is 0. The molecule has 0 aliphatic rings. The minimum absolute atomic E-state index is 0.192. The molecular formula is C19H24O3. The normalized spacial score (nSPS) is 11.2. The third-order valence-electron chi connectivity index (χ3n) is 3.14. The fourth-order valence-corrected chi connectivity index (χ4v) is 2.04. The molecule has 0 spiro atoms. The first-order valence-electron chi connectivity index (χ1n) is 7.63. The molecule has 3 nitrogen and oxygen atoms in total. The number of aliphatic hydroxyl groups excluding tert-OH is 1. The monoisotopic (exact) mass is 300 g/mol. The minimum atomic E-state index is -0.386. The van der Waals surface area contributed by atoms with E-state index in [0.717, 1.165) is 36.8 Å². The molecule has 0 aromatic heterocycles. The predicted octanol–water partition coefficient (Wildman–Crippen LogP) is 3.47. The highest BCUT2D eigenvalue weighted by Crippen LogP contribution is 2.13. The molecular weight excluding hydrogens is 276 g/mol. The van der Waals surface area contributed by atoms with Crippen LogP contribution < -0.4 is 0 Å². The van der Waals surface area contributed by atoms with Crippen LogP contribution in [0.15, 0.2) is 42.5 Å². The zero-order valence-corrected chi connectivity index (χ0v) is 13.2. The topological polar surface area (TPSA) is 46.5 Å². The number of hydrogen-bond acceptors (Lipinski definition) is 3. The molecule has 118 valence electrons. The Labute approximate surface area is 133 Å². The number of hydrogen-bond donors (Lipinski definition) is 1. The number of carbonyl (C=O) groups excluding carboxylic acids is 1. The molecule has 1 aromatic rings. The van der Waals surface area contributed by atoms with Crippen LogP contribution in [0.25, 0.3) is 0 Å². The third-order valence-corrected chi connectivity index (χ3v) is 3.14. The van der Waals surface area contributed by atoms with Crippen LogP contribution in [0.2, 0.25) is 0 Å². The van der Waals surface area contributed by atoms with Crippen LogP contribution in [0.3, 0.4) is 0 Å². The number of rotatable bonds is 8. The third kappa shape index (κ3) is 8.28. The summed E-state index contributed by atoms with van der Waals surface area (Å²) in [5, 5.41) is 8.79. The van der Waals surface area contributed by atoms with Crippen molar-refractivity contribution in [2.45, 2.75) is 45.1 Å². The Morgan fingerprint density at radius 2 is 1.95 bits per heavy atom. The van der Waals surface area contributed by atoms with Gasteiger partial charge in [-0.2, -0.15) is 0 Å². The van der Waals surface area contributed by atoms with Crippen LogP contribution in [0.5, 0.6) is 0 Å². The van der Waals surface area contributed by atoms with Gasteiger partial charge in [-0.25, -0.2) is 0 Å². The van der Waals surface area contributed by atoms with Gasteiger partial charge in [-0.3, -0.25) is 4.79 Å². The summed E-state index contributed by atoms with van der Waals surface area (Å²) in [6.45, 7) is 5.58. The molecule has 0 saturated heterocycles. The maximum Gasteiger partial charge on any atom is 0.303 e. The first-order chi connectivity index (χ1) is 10.6. The average molecular weight is 300 g/mol. The number of esters is 1. The van der Waals surface area contributed by atoms with E-state index in [0.29, 0.717) is 6.42 Å². The Morgan fingerprint density at radius 1 is 1.27 bits per heavy atom.